The minimum absolute atomic E-state index is 0.0446. The number of carbonyl (C=O) groups excluding carboxylic acids is 1. The molecule has 0 atom stereocenters. The summed E-state index contributed by atoms with van der Waals surface area (Å²) in [7, 11) is -0.0446. The van der Waals surface area contributed by atoms with Crippen molar-refractivity contribution in [1.29, 1.82) is 0 Å². The van der Waals surface area contributed by atoms with Gasteiger partial charge < -0.3 is 9.47 Å². The normalized spacial score (nSPS) is 11.4. The van der Waals surface area contributed by atoms with Gasteiger partial charge in [-0.15, -0.1) is 0 Å². The molecule has 0 aliphatic carbocycles. The van der Waals surface area contributed by atoms with Crippen LogP contribution in [-0.2, 0) is 10.3 Å². The van der Waals surface area contributed by atoms with Crippen molar-refractivity contribution in [3.05, 3.63) is 80.8 Å². The number of aryl methyl sites for hydroxylation is 4. The number of ether oxygens (including phenoxy) is 2. The molecular weight excluding hydrogens is 387 g/mol. The van der Waals surface area contributed by atoms with E-state index in [9.17, 15) is 9.18 Å². The van der Waals surface area contributed by atoms with Crippen LogP contribution in [0.5, 0.6) is 5.75 Å². The van der Waals surface area contributed by atoms with E-state index in [1.165, 1.54) is 26.8 Å². The average Bonchev–Trinajstić information content (AvgIpc) is 2.96. The fourth-order valence-electron chi connectivity index (χ4n) is 3.41. The molecule has 1 aromatic heterocycles. The van der Waals surface area contributed by atoms with E-state index >= 15 is 0 Å². The molecule has 5 heteroatoms. The zero-order chi connectivity index (χ0) is 21.3. The summed E-state index contributed by atoms with van der Waals surface area (Å²) >= 11 is 0. The SMILES string of the molecule is Cc1cc(-[s+]2c(C)ccc2C)cc(C)c1OC(=O)OC(C)(C)c1ccc(F)cc1. The number of benzene rings is 2. The van der Waals surface area contributed by atoms with Gasteiger partial charge in [-0.2, -0.15) is 0 Å². The Morgan fingerprint density at radius 1 is 0.897 bits per heavy atom. The largest absolute Gasteiger partial charge is 0.514 e. The Kier molecular flexibility index (Phi) is 5.80. The van der Waals surface area contributed by atoms with Crippen LogP contribution in [0.3, 0.4) is 0 Å². The summed E-state index contributed by atoms with van der Waals surface area (Å²) < 4.78 is 24.3. The summed E-state index contributed by atoms with van der Waals surface area (Å²) in [5.41, 5.74) is 1.52. The van der Waals surface area contributed by atoms with Gasteiger partial charge in [-0.1, -0.05) is 12.1 Å². The number of carbonyl (C=O) groups is 1. The van der Waals surface area contributed by atoms with Gasteiger partial charge in [-0.3, -0.25) is 0 Å². The molecule has 1 heterocycles. The third kappa shape index (κ3) is 4.51. The molecule has 0 bridgehead atoms. The number of hydrogen-bond donors (Lipinski definition) is 0. The molecule has 0 aliphatic heterocycles. The summed E-state index contributed by atoms with van der Waals surface area (Å²) in [6, 6.07) is 14.3. The first kappa shape index (κ1) is 21.1. The van der Waals surface area contributed by atoms with Crippen LogP contribution in [-0.4, -0.2) is 6.16 Å². The third-order valence-corrected chi connectivity index (χ3v) is 7.20. The standard InChI is InChI=1S/C24H26FO3S/c1-15-13-21(29-17(3)7-8-18(29)4)14-16(2)22(15)27-23(26)28-24(5,6)19-9-11-20(25)12-10-19/h7-14H,1-6H3/q+1. The lowest BCUT2D eigenvalue weighted by atomic mass is 9.98. The zero-order valence-electron chi connectivity index (χ0n) is 17.6. The Hall–Kier alpha value is -2.66. The Morgan fingerprint density at radius 2 is 1.41 bits per heavy atom. The van der Waals surface area contributed by atoms with E-state index in [0.717, 1.165) is 11.1 Å². The first-order valence-corrected chi connectivity index (χ1v) is 10.7. The maximum absolute atomic E-state index is 13.2. The highest BCUT2D eigenvalue weighted by Gasteiger charge is 2.28. The van der Waals surface area contributed by atoms with Gasteiger partial charge in [0.05, 0.1) is 0 Å². The fraction of sp³-hybridized carbons (Fsp3) is 0.292. The number of rotatable bonds is 4. The van der Waals surface area contributed by atoms with Crippen molar-refractivity contribution in [3.63, 3.8) is 0 Å². The summed E-state index contributed by atoms with van der Waals surface area (Å²) in [5.74, 6) is 0.177. The Bertz CT molecular complexity index is 1010. The van der Waals surface area contributed by atoms with Crippen molar-refractivity contribution in [2.24, 2.45) is 0 Å². The smallest absolute Gasteiger partial charge is 0.423 e. The Morgan fingerprint density at radius 3 is 1.93 bits per heavy atom. The predicted molar refractivity (Wildman–Crippen MR) is 116 cm³/mol. The Balaban J connectivity index is 1.81. The summed E-state index contributed by atoms with van der Waals surface area (Å²) in [6.45, 7) is 11.6. The highest BCUT2D eigenvalue weighted by atomic mass is 32.2. The molecule has 0 saturated heterocycles. The Labute approximate surface area is 174 Å². The van der Waals surface area contributed by atoms with Crippen LogP contribution in [0.2, 0.25) is 0 Å². The molecule has 152 valence electrons. The van der Waals surface area contributed by atoms with Crippen molar-refractivity contribution in [2.75, 3.05) is 0 Å². The van der Waals surface area contributed by atoms with E-state index in [4.69, 9.17) is 9.47 Å². The summed E-state index contributed by atoms with van der Waals surface area (Å²) in [6.07, 6.45) is -0.784. The third-order valence-electron chi connectivity index (χ3n) is 4.93. The van der Waals surface area contributed by atoms with Gasteiger partial charge >= 0.3 is 6.16 Å². The average molecular weight is 414 g/mol. The molecule has 0 N–H and O–H groups in total. The van der Waals surface area contributed by atoms with Crippen LogP contribution in [0.15, 0.2) is 48.5 Å². The minimum Gasteiger partial charge on any atom is -0.423 e. The molecule has 3 rings (SSSR count). The molecule has 29 heavy (non-hydrogen) atoms. The van der Waals surface area contributed by atoms with Crippen LogP contribution < -0.4 is 4.74 Å². The van der Waals surface area contributed by atoms with Gasteiger partial charge in [0.25, 0.3) is 0 Å². The van der Waals surface area contributed by atoms with E-state index in [-0.39, 0.29) is 16.3 Å². The highest BCUT2D eigenvalue weighted by molar-refractivity contribution is 7.39. The lowest BCUT2D eigenvalue weighted by molar-refractivity contribution is 0.00607. The van der Waals surface area contributed by atoms with E-state index in [2.05, 4.69) is 38.1 Å². The van der Waals surface area contributed by atoms with E-state index in [1.807, 2.05) is 13.8 Å². The fourth-order valence-corrected chi connectivity index (χ4v) is 5.66. The van der Waals surface area contributed by atoms with Gasteiger partial charge in [-0.05, 0) is 68.7 Å². The first-order valence-electron chi connectivity index (χ1n) is 9.46. The molecule has 0 amide bonds. The molecule has 0 saturated carbocycles. The monoisotopic (exact) mass is 413 g/mol. The molecule has 3 aromatic rings. The lowest BCUT2D eigenvalue weighted by Gasteiger charge is -2.25. The van der Waals surface area contributed by atoms with Gasteiger partial charge in [0.15, 0.2) is 14.6 Å². The highest BCUT2D eigenvalue weighted by Crippen LogP contribution is 2.42. The quantitative estimate of drug-likeness (QED) is 0.257. The maximum Gasteiger partial charge on any atom is 0.514 e. The van der Waals surface area contributed by atoms with Gasteiger partial charge in [0, 0.05) is 36.5 Å². The maximum atomic E-state index is 13.2. The van der Waals surface area contributed by atoms with Crippen molar-refractivity contribution < 1.29 is 18.7 Å². The molecule has 0 unspecified atom stereocenters. The molecular formula is C24H26FO3S+. The van der Waals surface area contributed by atoms with Crippen molar-refractivity contribution in [3.8, 4) is 10.6 Å². The van der Waals surface area contributed by atoms with Gasteiger partial charge in [-0.25, -0.2) is 9.18 Å². The van der Waals surface area contributed by atoms with E-state index < -0.39 is 11.8 Å². The number of hydrogen-bond acceptors (Lipinski definition) is 3. The predicted octanol–water partition coefficient (Wildman–Crippen LogP) is 7.25. The van der Waals surface area contributed by atoms with Crippen LogP contribution in [0.1, 0.15) is 40.3 Å². The van der Waals surface area contributed by atoms with Crippen LogP contribution in [0, 0.1) is 33.5 Å². The van der Waals surface area contributed by atoms with E-state index in [0.29, 0.717) is 11.3 Å². The second-order valence-corrected chi connectivity index (χ2v) is 10.1. The summed E-state index contributed by atoms with van der Waals surface area (Å²) in [4.78, 5) is 16.4. The summed E-state index contributed by atoms with van der Waals surface area (Å²) in [5, 5.41) is 0. The number of thiophene rings is 1. The lowest BCUT2D eigenvalue weighted by Crippen LogP contribution is -2.27. The zero-order valence-corrected chi connectivity index (χ0v) is 18.4. The van der Waals surface area contributed by atoms with Crippen LogP contribution in [0.4, 0.5) is 9.18 Å². The second-order valence-electron chi connectivity index (χ2n) is 7.72. The molecule has 3 nitrogen and oxygen atoms in total. The topological polar surface area (TPSA) is 35.5 Å². The second kappa shape index (κ2) is 7.99. The molecule has 2 aromatic carbocycles. The first-order chi connectivity index (χ1) is 13.6. The molecule has 0 fully saturated rings. The van der Waals surface area contributed by atoms with Gasteiger partial charge in [0.2, 0.25) is 0 Å². The van der Waals surface area contributed by atoms with Gasteiger partial charge in [0.1, 0.15) is 17.2 Å². The minimum atomic E-state index is -0.943. The van der Waals surface area contributed by atoms with Crippen LogP contribution in [0.25, 0.3) is 4.90 Å². The van der Waals surface area contributed by atoms with E-state index in [1.54, 1.807) is 26.0 Å². The van der Waals surface area contributed by atoms with Crippen molar-refractivity contribution in [1.82, 2.24) is 0 Å². The number of halogens is 1. The van der Waals surface area contributed by atoms with Crippen molar-refractivity contribution >= 4 is 16.6 Å². The van der Waals surface area contributed by atoms with Crippen LogP contribution >= 0.6 is 10.5 Å². The molecule has 0 radical (unpaired) electrons. The molecule has 0 spiro atoms. The van der Waals surface area contributed by atoms with Crippen molar-refractivity contribution in [2.45, 2.75) is 47.1 Å². The molecule has 0 aliphatic rings.